The van der Waals surface area contributed by atoms with Crippen molar-refractivity contribution in [2.75, 3.05) is 7.11 Å². The Morgan fingerprint density at radius 1 is 0.975 bits per heavy atom. The van der Waals surface area contributed by atoms with E-state index in [0.717, 1.165) is 54.4 Å². The van der Waals surface area contributed by atoms with Crippen LogP contribution in [0.15, 0.2) is 71.8 Å². The van der Waals surface area contributed by atoms with Crippen LogP contribution in [0.4, 0.5) is 4.39 Å². The Bertz CT molecular complexity index is 1390. The Labute approximate surface area is 238 Å². The number of thioether (sulfide) groups is 1. The molecule has 1 atom stereocenters. The van der Waals surface area contributed by atoms with Crippen LogP contribution in [0.2, 0.25) is 0 Å². The van der Waals surface area contributed by atoms with Gasteiger partial charge in [-0.15, -0.1) is 0 Å². The van der Waals surface area contributed by atoms with Crippen LogP contribution in [-0.2, 0) is 22.6 Å². The van der Waals surface area contributed by atoms with Gasteiger partial charge in [0, 0.05) is 23.5 Å². The lowest BCUT2D eigenvalue weighted by Gasteiger charge is -2.28. The second-order valence-electron chi connectivity index (χ2n) is 10.3. The second-order valence-corrected chi connectivity index (χ2v) is 11.3. The van der Waals surface area contributed by atoms with E-state index in [1.165, 1.54) is 23.9 Å². The quantitative estimate of drug-likeness (QED) is 0.280. The van der Waals surface area contributed by atoms with Crippen molar-refractivity contribution in [1.29, 1.82) is 0 Å². The van der Waals surface area contributed by atoms with E-state index in [9.17, 15) is 14.0 Å². The van der Waals surface area contributed by atoms with Gasteiger partial charge in [-0.25, -0.2) is 9.40 Å². The minimum Gasteiger partial charge on any atom is -0.492 e. The lowest BCUT2D eigenvalue weighted by Crippen LogP contribution is -2.33. The summed E-state index contributed by atoms with van der Waals surface area (Å²) in [5.74, 6) is 0.855. The van der Waals surface area contributed by atoms with Crippen LogP contribution in [0.3, 0.4) is 0 Å². The average molecular weight is 561 g/mol. The molecule has 0 radical (unpaired) electrons. The van der Waals surface area contributed by atoms with Crippen LogP contribution in [0, 0.1) is 11.7 Å². The standard InChI is InChI=1S/C32H33FN2O4S/c1-21(36)19-22-11-13-23(14-12-22)20-39-28-10-6-9-27(29(28)38-2)32-35(31(37)25-7-4-3-5-8-25)34-30(40-32)24-15-17-26(33)18-16-24/h6,9-18,25,32H,3-5,7-8,19-20H2,1-2H3. The zero-order valence-electron chi connectivity index (χ0n) is 22.8. The molecular weight excluding hydrogens is 527 g/mol. The molecule has 0 bridgehead atoms. The van der Waals surface area contributed by atoms with E-state index in [2.05, 4.69) is 0 Å². The average Bonchev–Trinajstić information content (AvgIpc) is 3.42. The molecule has 1 unspecified atom stereocenters. The van der Waals surface area contributed by atoms with Crippen LogP contribution in [0.25, 0.3) is 0 Å². The Balaban J connectivity index is 1.41. The number of para-hydroxylation sites is 1. The highest BCUT2D eigenvalue weighted by Gasteiger charge is 2.39. The second kappa shape index (κ2) is 12.7. The first-order valence-corrected chi connectivity index (χ1v) is 14.5. The van der Waals surface area contributed by atoms with Gasteiger partial charge in [-0.3, -0.25) is 9.59 Å². The Kier molecular flexibility index (Phi) is 8.85. The van der Waals surface area contributed by atoms with Crippen LogP contribution in [0.1, 0.15) is 66.7 Å². The van der Waals surface area contributed by atoms with Gasteiger partial charge in [0.1, 0.15) is 28.6 Å². The largest absolute Gasteiger partial charge is 0.492 e. The number of halogens is 1. The zero-order chi connectivity index (χ0) is 28.1. The summed E-state index contributed by atoms with van der Waals surface area (Å²) in [6, 6.07) is 19.6. The zero-order valence-corrected chi connectivity index (χ0v) is 23.6. The number of benzene rings is 3. The van der Waals surface area contributed by atoms with Crippen molar-refractivity contribution in [3.63, 3.8) is 0 Å². The van der Waals surface area contributed by atoms with Crippen molar-refractivity contribution in [2.24, 2.45) is 11.0 Å². The fraction of sp³-hybridized carbons (Fsp3) is 0.344. The van der Waals surface area contributed by atoms with E-state index in [-0.39, 0.29) is 23.4 Å². The van der Waals surface area contributed by atoms with Crippen molar-refractivity contribution in [2.45, 2.75) is 57.4 Å². The van der Waals surface area contributed by atoms with Gasteiger partial charge >= 0.3 is 0 Å². The van der Waals surface area contributed by atoms with E-state index in [1.54, 1.807) is 31.2 Å². The topological polar surface area (TPSA) is 68.2 Å². The first kappa shape index (κ1) is 27.9. The molecule has 1 aliphatic carbocycles. The number of hydrogen-bond donors (Lipinski definition) is 0. The molecule has 6 nitrogen and oxygen atoms in total. The van der Waals surface area contributed by atoms with E-state index in [4.69, 9.17) is 14.6 Å². The lowest BCUT2D eigenvalue weighted by atomic mass is 9.88. The predicted molar refractivity (Wildman–Crippen MR) is 155 cm³/mol. The number of ketones is 1. The lowest BCUT2D eigenvalue weighted by molar-refractivity contribution is -0.137. The minimum absolute atomic E-state index is 0.00772. The summed E-state index contributed by atoms with van der Waals surface area (Å²) in [5.41, 5.74) is 3.47. The summed E-state index contributed by atoms with van der Waals surface area (Å²) >= 11 is 1.45. The van der Waals surface area contributed by atoms with E-state index in [0.29, 0.717) is 29.6 Å². The third-order valence-corrected chi connectivity index (χ3v) is 8.48. The van der Waals surface area contributed by atoms with Crippen LogP contribution >= 0.6 is 11.8 Å². The molecule has 3 aromatic rings. The molecule has 1 fully saturated rings. The molecule has 3 aromatic carbocycles. The van der Waals surface area contributed by atoms with Gasteiger partial charge in [-0.2, -0.15) is 5.10 Å². The molecule has 1 aliphatic heterocycles. The molecule has 5 rings (SSSR count). The molecule has 1 heterocycles. The van der Waals surface area contributed by atoms with E-state index >= 15 is 0 Å². The molecular formula is C32H33FN2O4S. The monoisotopic (exact) mass is 560 g/mol. The smallest absolute Gasteiger partial charge is 0.247 e. The summed E-state index contributed by atoms with van der Waals surface area (Å²) in [4.78, 5) is 25.2. The van der Waals surface area contributed by atoms with Gasteiger partial charge in [0.2, 0.25) is 5.91 Å². The highest BCUT2D eigenvalue weighted by molar-refractivity contribution is 8.14. The molecule has 1 saturated carbocycles. The molecule has 208 valence electrons. The highest BCUT2D eigenvalue weighted by Crippen LogP contribution is 2.48. The Morgan fingerprint density at radius 3 is 2.35 bits per heavy atom. The summed E-state index contributed by atoms with van der Waals surface area (Å²) in [6.45, 7) is 1.90. The van der Waals surface area contributed by atoms with Crippen LogP contribution < -0.4 is 9.47 Å². The number of carbonyl (C=O) groups excluding carboxylic acids is 2. The maximum absolute atomic E-state index is 13.8. The molecule has 1 amide bonds. The van der Waals surface area contributed by atoms with Gasteiger partial charge in [0.05, 0.1) is 7.11 Å². The van der Waals surface area contributed by atoms with Crippen molar-refractivity contribution in [1.82, 2.24) is 5.01 Å². The van der Waals surface area contributed by atoms with Crippen LogP contribution in [-0.4, -0.2) is 28.9 Å². The molecule has 0 saturated heterocycles. The van der Waals surface area contributed by atoms with Crippen molar-refractivity contribution in [3.8, 4) is 11.5 Å². The van der Waals surface area contributed by atoms with Gasteiger partial charge in [-0.1, -0.05) is 67.4 Å². The molecule has 0 aromatic heterocycles. The molecule has 2 aliphatic rings. The number of rotatable bonds is 9. The highest BCUT2D eigenvalue weighted by atomic mass is 32.2. The van der Waals surface area contributed by atoms with Gasteiger partial charge < -0.3 is 9.47 Å². The minimum atomic E-state index is -0.446. The summed E-state index contributed by atoms with van der Waals surface area (Å²) in [6.07, 6.45) is 5.37. The fourth-order valence-corrected chi connectivity index (χ4v) is 6.39. The SMILES string of the molecule is COc1c(OCc2ccc(CC(C)=O)cc2)cccc1C1SC(c2ccc(F)cc2)=NN1C(=O)C1CCCCC1. The number of methoxy groups -OCH3 is 1. The number of carbonyl (C=O) groups is 2. The van der Waals surface area contributed by atoms with E-state index < -0.39 is 5.37 Å². The number of amides is 1. The number of nitrogens with zero attached hydrogens (tertiary/aromatic N) is 2. The molecule has 0 N–H and O–H groups in total. The molecule has 8 heteroatoms. The predicted octanol–water partition coefficient (Wildman–Crippen LogP) is 7.06. The summed E-state index contributed by atoms with van der Waals surface area (Å²) in [5, 5.41) is 6.58. The Hall–Kier alpha value is -3.65. The van der Waals surface area contributed by atoms with Crippen molar-refractivity contribution < 1.29 is 23.5 Å². The first-order valence-electron chi connectivity index (χ1n) is 13.6. The van der Waals surface area contributed by atoms with Crippen LogP contribution in [0.5, 0.6) is 11.5 Å². The fourth-order valence-electron chi connectivity index (χ4n) is 5.21. The summed E-state index contributed by atoms with van der Waals surface area (Å²) in [7, 11) is 1.59. The maximum atomic E-state index is 13.8. The van der Waals surface area contributed by atoms with Gasteiger partial charge in [0.15, 0.2) is 11.5 Å². The van der Waals surface area contributed by atoms with Crippen molar-refractivity contribution in [3.05, 3.63) is 94.8 Å². The number of ether oxygens (including phenoxy) is 2. The van der Waals surface area contributed by atoms with Gasteiger partial charge in [0.25, 0.3) is 0 Å². The number of hydrazone groups is 1. The maximum Gasteiger partial charge on any atom is 0.247 e. The third-order valence-electron chi connectivity index (χ3n) is 7.27. The first-order chi connectivity index (χ1) is 19.4. The Morgan fingerprint density at radius 2 is 1.68 bits per heavy atom. The molecule has 0 spiro atoms. The normalized spacial score (nSPS) is 17.4. The summed E-state index contributed by atoms with van der Waals surface area (Å²) < 4.78 is 25.7. The number of Topliss-reactive ketones (excluding diaryl/α,β-unsaturated/α-hetero) is 1. The van der Waals surface area contributed by atoms with Crippen molar-refractivity contribution >= 4 is 28.5 Å². The number of hydrogen-bond acceptors (Lipinski definition) is 6. The molecule has 40 heavy (non-hydrogen) atoms. The van der Waals surface area contributed by atoms with Gasteiger partial charge in [-0.05, 0) is 61.2 Å². The van der Waals surface area contributed by atoms with E-state index in [1.807, 2.05) is 42.5 Å². The third kappa shape index (κ3) is 6.39.